The van der Waals surface area contributed by atoms with E-state index >= 15 is 0 Å². The van der Waals surface area contributed by atoms with Gasteiger partial charge in [-0.15, -0.1) is 22.7 Å². The second kappa shape index (κ2) is 4.72. The Balaban J connectivity index is 1.64. The van der Waals surface area contributed by atoms with E-state index < -0.39 is 0 Å². The molecular formula is C16H12N4S2. The number of fused-ring (bicyclic) bond motifs is 4. The van der Waals surface area contributed by atoms with Crippen LogP contribution in [0.15, 0.2) is 30.0 Å². The highest BCUT2D eigenvalue weighted by molar-refractivity contribution is 7.19. The predicted octanol–water partition coefficient (Wildman–Crippen LogP) is 4.53. The largest absolute Gasteiger partial charge is 0.340 e. The normalized spacial score (nSPS) is 13.8. The number of rotatable bonds is 2. The first-order chi connectivity index (χ1) is 10.9. The van der Waals surface area contributed by atoms with Crippen LogP contribution in [0, 0.1) is 0 Å². The fourth-order valence-electron chi connectivity index (χ4n) is 3.09. The van der Waals surface area contributed by atoms with Crippen LogP contribution in [-0.2, 0) is 12.8 Å². The van der Waals surface area contributed by atoms with Crippen LogP contribution in [0.3, 0.4) is 0 Å². The van der Waals surface area contributed by atoms with Gasteiger partial charge in [-0.2, -0.15) is 0 Å². The Kier molecular flexibility index (Phi) is 2.68. The summed E-state index contributed by atoms with van der Waals surface area (Å²) in [6.45, 7) is 0. The van der Waals surface area contributed by atoms with E-state index in [1.54, 1.807) is 17.7 Å². The lowest BCUT2D eigenvalue weighted by molar-refractivity contribution is 0.917. The maximum atomic E-state index is 4.49. The van der Waals surface area contributed by atoms with Gasteiger partial charge in [0.05, 0.1) is 21.1 Å². The van der Waals surface area contributed by atoms with Crippen LogP contribution < -0.4 is 5.32 Å². The van der Waals surface area contributed by atoms with E-state index in [2.05, 4.69) is 32.4 Å². The molecule has 5 rings (SSSR count). The number of benzene rings is 1. The summed E-state index contributed by atoms with van der Waals surface area (Å²) in [5.74, 6) is 0.924. The van der Waals surface area contributed by atoms with E-state index in [0.29, 0.717) is 0 Å². The Hall–Kier alpha value is -2.05. The van der Waals surface area contributed by atoms with E-state index in [9.17, 15) is 0 Å². The number of aryl methyl sites for hydroxylation is 2. The van der Waals surface area contributed by atoms with Gasteiger partial charge in [0, 0.05) is 10.6 Å². The lowest BCUT2D eigenvalue weighted by atomic mass is 10.2. The monoisotopic (exact) mass is 324 g/mol. The van der Waals surface area contributed by atoms with Crippen molar-refractivity contribution in [2.75, 3.05) is 5.32 Å². The van der Waals surface area contributed by atoms with Crippen molar-refractivity contribution in [2.45, 2.75) is 19.3 Å². The molecule has 0 radical (unpaired) electrons. The molecule has 1 aliphatic carbocycles. The molecule has 3 aromatic heterocycles. The molecule has 1 aromatic carbocycles. The summed E-state index contributed by atoms with van der Waals surface area (Å²) in [7, 11) is 0. The maximum Gasteiger partial charge on any atom is 0.142 e. The molecule has 4 nitrogen and oxygen atoms in total. The van der Waals surface area contributed by atoms with Gasteiger partial charge in [0.2, 0.25) is 0 Å². The molecule has 3 heterocycles. The van der Waals surface area contributed by atoms with Gasteiger partial charge >= 0.3 is 0 Å². The first-order valence-corrected chi connectivity index (χ1v) is 8.93. The van der Waals surface area contributed by atoms with Gasteiger partial charge in [0.15, 0.2) is 0 Å². The van der Waals surface area contributed by atoms with Gasteiger partial charge in [0.1, 0.15) is 17.0 Å². The summed E-state index contributed by atoms with van der Waals surface area (Å²) in [6, 6.07) is 6.24. The van der Waals surface area contributed by atoms with Gasteiger partial charge < -0.3 is 5.32 Å². The van der Waals surface area contributed by atoms with Gasteiger partial charge in [-0.25, -0.2) is 15.0 Å². The summed E-state index contributed by atoms with van der Waals surface area (Å²) < 4.78 is 1.19. The smallest absolute Gasteiger partial charge is 0.142 e. The lowest BCUT2D eigenvalue weighted by Gasteiger charge is -2.07. The van der Waals surface area contributed by atoms with E-state index in [1.165, 1.54) is 33.4 Å². The molecule has 1 aliphatic rings. The second-order valence-electron chi connectivity index (χ2n) is 5.42. The van der Waals surface area contributed by atoms with Crippen LogP contribution in [0.25, 0.3) is 20.4 Å². The number of anilines is 2. The van der Waals surface area contributed by atoms with Crippen molar-refractivity contribution in [1.29, 1.82) is 0 Å². The third-order valence-electron chi connectivity index (χ3n) is 4.10. The summed E-state index contributed by atoms with van der Waals surface area (Å²) in [6.07, 6.45) is 5.23. The summed E-state index contributed by atoms with van der Waals surface area (Å²) >= 11 is 3.47. The first kappa shape index (κ1) is 12.5. The fourth-order valence-corrected chi connectivity index (χ4v) is 5.04. The molecule has 0 unspecified atom stereocenters. The standard InChI is InChI=1S/C16H12N4S2/c1-2-10-12(3-1)22-16-14(10)15(17-7-18-16)20-9-4-5-11-13(6-9)21-8-19-11/h4-8H,1-3H2,(H,17,18,20). The van der Waals surface area contributed by atoms with Crippen molar-refractivity contribution in [2.24, 2.45) is 0 Å². The van der Waals surface area contributed by atoms with Crippen LogP contribution in [0.4, 0.5) is 11.5 Å². The topological polar surface area (TPSA) is 50.7 Å². The Morgan fingerprint density at radius 1 is 1.09 bits per heavy atom. The fraction of sp³-hybridized carbons (Fsp3) is 0.188. The van der Waals surface area contributed by atoms with E-state index in [1.807, 2.05) is 22.9 Å². The summed E-state index contributed by atoms with van der Waals surface area (Å²) in [5.41, 5.74) is 5.42. The van der Waals surface area contributed by atoms with E-state index in [-0.39, 0.29) is 0 Å². The highest BCUT2D eigenvalue weighted by atomic mass is 32.1. The average Bonchev–Trinajstić information content (AvgIpc) is 3.21. The van der Waals surface area contributed by atoms with Crippen LogP contribution in [0.1, 0.15) is 16.9 Å². The number of nitrogens with one attached hydrogen (secondary N) is 1. The highest BCUT2D eigenvalue weighted by Crippen LogP contribution is 2.39. The summed E-state index contributed by atoms with van der Waals surface area (Å²) in [4.78, 5) is 15.8. The highest BCUT2D eigenvalue weighted by Gasteiger charge is 2.21. The van der Waals surface area contributed by atoms with Crippen molar-refractivity contribution in [1.82, 2.24) is 15.0 Å². The zero-order valence-electron chi connectivity index (χ0n) is 11.7. The zero-order chi connectivity index (χ0) is 14.5. The number of nitrogens with zero attached hydrogens (tertiary/aromatic N) is 3. The molecule has 0 saturated carbocycles. The van der Waals surface area contributed by atoms with E-state index in [4.69, 9.17) is 0 Å². The zero-order valence-corrected chi connectivity index (χ0v) is 13.3. The Morgan fingerprint density at radius 2 is 2.09 bits per heavy atom. The molecule has 108 valence electrons. The lowest BCUT2D eigenvalue weighted by Crippen LogP contribution is -1.96. The molecule has 22 heavy (non-hydrogen) atoms. The Bertz CT molecular complexity index is 1000. The second-order valence-corrected chi connectivity index (χ2v) is 7.39. The molecule has 0 amide bonds. The summed E-state index contributed by atoms with van der Waals surface area (Å²) in [5, 5.41) is 4.69. The van der Waals surface area contributed by atoms with Crippen molar-refractivity contribution in [3.63, 3.8) is 0 Å². The minimum Gasteiger partial charge on any atom is -0.340 e. The van der Waals surface area contributed by atoms with Crippen molar-refractivity contribution < 1.29 is 0 Å². The van der Waals surface area contributed by atoms with Crippen LogP contribution >= 0.6 is 22.7 Å². The number of hydrogen-bond donors (Lipinski definition) is 1. The minimum absolute atomic E-state index is 0.924. The molecule has 0 aliphatic heterocycles. The van der Waals surface area contributed by atoms with Crippen molar-refractivity contribution >= 4 is 54.6 Å². The Morgan fingerprint density at radius 3 is 3.09 bits per heavy atom. The third kappa shape index (κ3) is 1.84. The molecule has 0 spiro atoms. The van der Waals surface area contributed by atoms with Crippen LogP contribution in [0.2, 0.25) is 0 Å². The number of thiophene rings is 1. The number of hydrogen-bond acceptors (Lipinski definition) is 6. The SMILES string of the molecule is c1nc(Nc2ccc3ncsc3c2)c2c3c(sc2n1)CCC3. The number of thiazole rings is 1. The molecule has 0 fully saturated rings. The predicted molar refractivity (Wildman–Crippen MR) is 92.3 cm³/mol. The van der Waals surface area contributed by atoms with Crippen molar-refractivity contribution in [3.8, 4) is 0 Å². The molecule has 6 heteroatoms. The Labute approximate surface area is 134 Å². The van der Waals surface area contributed by atoms with E-state index in [0.717, 1.165) is 28.3 Å². The third-order valence-corrected chi connectivity index (χ3v) is 6.09. The van der Waals surface area contributed by atoms with Crippen molar-refractivity contribution in [3.05, 3.63) is 40.5 Å². The van der Waals surface area contributed by atoms with Crippen LogP contribution in [-0.4, -0.2) is 15.0 Å². The molecule has 0 bridgehead atoms. The molecule has 0 saturated heterocycles. The van der Waals surface area contributed by atoms with Gasteiger partial charge in [-0.3, -0.25) is 0 Å². The molecule has 1 N–H and O–H groups in total. The maximum absolute atomic E-state index is 4.49. The quantitative estimate of drug-likeness (QED) is 0.588. The number of aromatic nitrogens is 3. The molecule has 0 atom stereocenters. The molecule has 4 aromatic rings. The first-order valence-electron chi connectivity index (χ1n) is 7.24. The van der Waals surface area contributed by atoms with Crippen LogP contribution in [0.5, 0.6) is 0 Å². The van der Waals surface area contributed by atoms with Gasteiger partial charge in [-0.05, 0) is 43.0 Å². The molecular weight excluding hydrogens is 312 g/mol. The minimum atomic E-state index is 0.924. The van der Waals surface area contributed by atoms with Gasteiger partial charge in [0.25, 0.3) is 0 Å². The van der Waals surface area contributed by atoms with Gasteiger partial charge in [-0.1, -0.05) is 0 Å². The average molecular weight is 324 g/mol.